The number of nitrogens with zero attached hydrogens (tertiary/aromatic N) is 4. The number of halogens is 6. The molecule has 14 nitrogen and oxygen atoms in total. The zero-order valence-corrected chi connectivity index (χ0v) is 31.1. The number of benzene rings is 4. The van der Waals surface area contributed by atoms with Crippen molar-refractivity contribution in [3.8, 4) is 0 Å². The van der Waals surface area contributed by atoms with Crippen molar-refractivity contribution in [3.05, 3.63) is 97.1 Å². The van der Waals surface area contributed by atoms with Crippen molar-refractivity contribution >= 4 is 83.8 Å². The Kier molecular flexibility index (Phi) is 14.7. The number of hydrogen-bond donors (Lipinski definition) is 2. The summed E-state index contributed by atoms with van der Waals surface area (Å²) < 4.78 is 179. The lowest BCUT2D eigenvalue weighted by Crippen LogP contribution is -2.03. The maximum absolute atomic E-state index is 13.0. The number of sulfone groups is 2. The van der Waals surface area contributed by atoms with Gasteiger partial charge in [0.1, 0.15) is 0 Å². The van der Waals surface area contributed by atoms with E-state index in [1.165, 1.54) is 31.3 Å². The first-order valence-electron chi connectivity index (χ1n) is 13.2. The van der Waals surface area contributed by atoms with Crippen LogP contribution in [0.3, 0.4) is 0 Å². The maximum Gasteiger partial charge on any atom is 0.371 e. The summed E-state index contributed by atoms with van der Waals surface area (Å²) >= 11 is 0. The third-order valence-electron chi connectivity index (χ3n) is 5.51. The molecule has 0 heterocycles. The van der Waals surface area contributed by atoms with Gasteiger partial charge in [-0.15, -0.1) is 16.5 Å². The van der Waals surface area contributed by atoms with Crippen LogP contribution < -0.4 is 10.9 Å². The molecule has 286 valence electrons. The Labute approximate surface area is 297 Å². The van der Waals surface area contributed by atoms with E-state index in [-0.39, 0.29) is 42.3 Å². The van der Waals surface area contributed by atoms with Crippen LogP contribution in [0.5, 0.6) is 0 Å². The molecule has 0 radical (unpaired) electrons. The Morgan fingerprint density at radius 1 is 0.404 bits per heavy atom. The summed E-state index contributed by atoms with van der Waals surface area (Å²) in [7, 11) is -25.4. The van der Waals surface area contributed by atoms with Crippen molar-refractivity contribution in [1.29, 1.82) is 0 Å². The van der Waals surface area contributed by atoms with Crippen LogP contribution in [-0.2, 0) is 61.1 Å². The molecule has 0 fully saturated rings. The van der Waals surface area contributed by atoms with E-state index in [4.69, 9.17) is 0 Å². The summed E-state index contributed by atoms with van der Waals surface area (Å²) in [6.45, 7) is 0. The summed E-state index contributed by atoms with van der Waals surface area (Å²) in [6.07, 6.45) is 0.807. The highest BCUT2D eigenvalue weighted by Gasteiger charge is 2.19. The lowest BCUT2D eigenvalue weighted by atomic mass is 10.3. The van der Waals surface area contributed by atoms with Gasteiger partial charge in [-0.1, -0.05) is 15.5 Å². The van der Waals surface area contributed by atoms with Crippen LogP contribution in [-0.4, -0.2) is 47.0 Å². The van der Waals surface area contributed by atoms with Crippen LogP contribution >= 0.6 is 0 Å². The van der Waals surface area contributed by atoms with Gasteiger partial charge in [-0.2, -0.15) is 21.4 Å². The van der Waals surface area contributed by atoms with E-state index in [9.17, 15) is 57.0 Å². The molecule has 0 saturated heterocycles. The Hall–Kier alpha value is -3.92. The van der Waals surface area contributed by atoms with Gasteiger partial charge in [0.05, 0.1) is 42.3 Å². The number of hydrogen-bond acceptors (Lipinski definition) is 13. The molecule has 4 aromatic rings. The van der Waals surface area contributed by atoms with E-state index in [1.807, 2.05) is 0 Å². The second-order valence-electron chi connectivity index (χ2n) is 9.35. The van der Waals surface area contributed by atoms with Crippen molar-refractivity contribution in [2.45, 2.75) is 19.6 Å². The van der Waals surface area contributed by atoms with E-state index in [2.05, 4.69) is 28.3 Å². The van der Waals surface area contributed by atoms with Gasteiger partial charge >= 0.3 is 21.0 Å². The first-order chi connectivity index (χ1) is 23.7. The van der Waals surface area contributed by atoms with Crippen molar-refractivity contribution < 1.29 is 57.0 Å². The SMILES string of the molecule is CN.CS(=O)(F)=Nc1ccc(S(=O)(=O)c2ccc(N=S(N)(=O)F)cc2)cc1.O=S(=O)(c1ccc(N=S(=O)(F)F)cc1)c1ccc(N=S(=O)(F)F)cc1. The predicted molar refractivity (Wildman–Crippen MR) is 184 cm³/mol. The molecule has 26 heteroatoms. The van der Waals surface area contributed by atoms with Gasteiger partial charge in [0.25, 0.3) is 10.3 Å². The summed E-state index contributed by atoms with van der Waals surface area (Å²) in [5.74, 6) is 0. The van der Waals surface area contributed by atoms with Crippen LogP contribution in [0, 0.1) is 0 Å². The van der Waals surface area contributed by atoms with E-state index in [1.54, 1.807) is 0 Å². The summed E-state index contributed by atoms with van der Waals surface area (Å²) in [5, 5.41) is 4.66. The molecule has 0 saturated carbocycles. The maximum atomic E-state index is 13.0. The number of nitrogens with two attached hydrogens (primary N) is 2. The second kappa shape index (κ2) is 17.3. The molecular weight excluding hydrogens is 831 g/mol. The van der Waals surface area contributed by atoms with Crippen molar-refractivity contribution in [2.24, 2.45) is 28.3 Å². The average Bonchev–Trinajstić information content (AvgIpc) is 3.00. The molecule has 2 atom stereocenters. The van der Waals surface area contributed by atoms with Gasteiger partial charge in [0.15, 0.2) is 0 Å². The zero-order valence-electron chi connectivity index (χ0n) is 26.2. The fraction of sp³-hybridized carbons (Fsp3) is 0.0769. The molecule has 0 aliphatic heterocycles. The average molecular weight is 857 g/mol. The van der Waals surface area contributed by atoms with E-state index < -0.39 is 61.1 Å². The third-order valence-corrected chi connectivity index (χ3v) is 10.9. The van der Waals surface area contributed by atoms with Crippen LogP contribution in [0.2, 0.25) is 0 Å². The summed E-state index contributed by atoms with van der Waals surface area (Å²) in [5.41, 5.74) is 3.71. The summed E-state index contributed by atoms with van der Waals surface area (Å²) in [6, 6.07) is 17.1. The topological polar surface area (TPSA) is 238 Å². The Bertz CT molecular complexity index is 2240. The molecule has 0 aromatic heterocycles. The first-order valence-corrected chi connectivity index (χ1v) is 22.1. The van der Waals surface area contributed by atoms with E-state index in [0.29, 0.717) is 0 Å². The molecule has 0 amide bonds. The normalized spacial score (nSPS) is 14.1. The highest BCUT2D eigenvalue weighted by molar-refractivity contribution is 7.92. The molecule has 4 N–H and O–H groups in total. The van der Waals surface area contributed by atoms with Gasteiger partial charge in [-0.05, 0) is 104 Å². The second-order valence-corrected chi connectivity index (χ2v) is 18.0. The summed E-state index contributed by atoms with van der Waals surface area (Å²) in [4.78, 5) is -0.783. The minimum atomic E-state index is -5.37. The Morgan fingerprint density at radius 2 is 0.615 bits per heavy atom. The van der Waals surface area contributed by atoms with Gasteiger partial charge < -0.3 is 5.73 Å². The van der Waals surface area contributed by atoms with Crippen LogP contribution in [0.15, 0.2) is 134 Å². The molecule has 4 rings (SSSR count). The Balaban J connectivity index is 0.000000344. The molecule has 2 unspecified atom stereocenters. The smallest absolute Gasteiger partial charge is 0.333 e. The standard InChI is InChI=1S/C13H13F2N3O4S3.C12H8F4N2O4S3.CH5N/c1-23(14,19)17-10-2-6-12(7-3-10)24(20,21)13-8-4-11(5-9-13)18-25(15,16)22;13-24(14,21)17-9-1-5-11(6-2-9)23(19,20)12-7-3-10(4-8-12)18-25(15,16)22;1-2/h2-9H,1H3,(H2,16,18,22);1-8H;2H2,1H3. The van der Waals surface area contributed by atoms with E-state index in [0.717, 1.165) is 79.1 Å². The lowest BCUT2D eigenvalue weighted by Gasteiger charge is -2.05. The van der Waals surface area contributed by atoms with Gasteiger partial charge in [-0.25, -0.2) is 26.2 Å². The molecule has 0 spiro atoms. The minimum Gasteiger partial charge on any atom is -0.333 e. The molecular formula is C26H26F6N6O8S6. The zero-order chi connectivity index (χ0) is 39.8. The molecule has 0 aliphatic rings. The highest BCUT2D eigenvalue weighted by Crippen LogP contribution is 2.28. The van der Waals surface area contributed by atoms with Gasteiger partial charge in [0, 0.05) is 6.26 Å². The van der Waals surface area contributed by atoms with Crippen molar-refractivity contribution in [1.82, 2.24) is 0 Å². The van der Waals surface area contributed by atoms with Crippen LogP contribution in [0.1, 0.15) is 0 Å². The fourth-order valence-electron chi connectivity index (χ4n) is 3.59. The van der Waals surface area contributed by atoms with E-state index >= 15 is 0 Å². The number of rotatable bonds is 8. The highest BCUT2D eigenvalue weighted by atomic mass is 32.3. The third kappa shape index (κ3) is 14.6. The first kappa shape index (κ1) is 44.2. The van der Waals surface area contributed by atoms with Gasteiger partial charge in [0.2, 0.25) is 29.8 Å². The largest absolute Gasteiger partial charge is 0.371 e. The molecule has 4 aromatic carbocycles. The monoisotopic (exact) mass is 856 g/mol. The van der Waals surface area contributed by atoms with Crippen molar-refractivity contribution in [2.75, 3.05) is 13.3 Å². The van der Waals surface area contributed by atoms with Crippen molar-refractivity contribution in [3.63, 3.8) is 0 Å². The molecule has 0 bridgehead atoms. The predicted octanol–water partition coefficient (Wildman–Crippen LogP) is 6.82. The van der Waals surface area contributed by atoms with Crippen LogP contribution in [0.25, 0.3) is 0 Å². The fourth-order valence-corrected chi connectivity index (χ4v) is 7.76. The van der Waals surface area contributed by atoms with Gasteiger partial charge in [-0.3, -0.25) is 0 Å². The Morgan fingerprint density at radius 3 is 0.808 bits per heavy atom. The van der Waals surface area contributed by atoms with Crippen LogP contribution in [0.4, 0.5) is 46.1 Å². The lowest BCUT2D eigenvalue weighted by molar-refractivity contribution is 0.586. The minimum absolute atomic E-state index is 0.0313. The molecule has 52 heavy (non-hydrogen) atoms. The quantitative estimate of drug-likeness (QED) is 0.139. The molecule has 0 aliphatic carbocycles.